The second-order valence-electron chi connectivity index (χ2n) is 6.42. The molecule has 1 atom stereocenters. The van der Waals surface area contributed by atoms with Crippen LogP contribution in [0.15, 0.2) is 45.9 Å². The number of fused-ring (bicyclic) bond motifs is 1. The van der Waals surface area contributed by atoms with E-state index in [9.17, 15) is 8.42 Å². The van der Waals surface area contributed by atoms with E-state index in [0.29, 0.717) is 18.8 Å². The second-order valence-corrected chi connectivity index (χ2v) is 8.33. The van der Waals surface area contributed by atoms with Gasteiger partial charge in [-0.1, -0.05) is 35.5 Å². The van der Waals surface area contributed by atoms with Gasteiger partial charge in [0, 0.05) is 6.54 Å². The van der Waals surface area contributed by atoms with Crippen LogP contribution in [0.25, 0.3) is 0 Å². The van der Waals surface area contributed by atoms with Gasteiger partial charge in [-0.15, -0.1) is 10.2 Å². The molecule has 26 heavy (non-hydrogen) atoms. The third kappa shape index (κ3) is 2.82. The van der Waals surface area contributed by atoms with Gasteiger partial charge in [-0.2, -0.15) is 4.31 Å². The number of rotatable bonds is 4. The molecule has 3 aromatic rings. The van der Waals surface area contributed by atoms with Crippen molar-refractivity contribution in [3.63, 3.8) is 0 Å². The van der Waals surface area contributed by atoms with Crippen LogP contribution in [0.4, 0.5) is 0 Å². The molecule has 0 fully saturated rings. The molecule has 8 nitrogen and oxygen atoms in total. The Morgan fingerprint density at radius 1 is 1.19 bits per heavy atom. The third-order valence-corrected chi connectivity index (χ3v) is 6.58. The Morgan fingerprint density at radius 2 is 1.96 bits per heavy atom. The van der Waals surface area contributed by atoms with E-state index in [1.165, 1.54) is 10.5 Å². The van der Waals surface area contributed by atoms with E-state index in [0.717, 1.165) is 11.4 Å². The molecule has 136 valence electrons. The van der Waals surface area contributed by atoms with Crippen molar-refractivity contribution >= 4 is 10.0 Å². The highest BCUT2D eigenvalue weighted by Crippen LogP contribution is 2.30. The third-order valence-electron chi connectivity index (χ3n) is 4.67. The Hall–Kier alpha value is -2.52. The maximum absolute atomic E-state index is 13.1. The highest BCUT2D eigenvalue weighted by molar-refractivity contribution is 7.89. The van der Waals surface area contributed by atoms with Crippen molar-refractivity contribution in [1.29, 1.82) is 0 Å². The smallest absolute Gasteiger partial charge is 0.248 e. The zero-order valence-corrected chi connectivity index (χ0v) is 15.3. The fraction of sp³-hybridized carbons (Fsp3) is 0.353. The topological polar surface area (TPSA) is 94.1 Å². The molecule has 0 saturated carbocycles. The summed E-state index contributed by atoms with van der Waals surface area (Å²) in [6, 6.07) is 9.92. The summed E-state index contributed by atoms with van der Waals surface area (Å²) in [7, 11) is -3.71. The lowest BCUT2D eigenvalue weighted by Crippen LogP contribution is -2.42. The van der Waals surface area contributed by atoms with E-state index in [1.807, 2.05) is 41.8 Å². The van der Waals surface area contributed by atoms with Gasteiger partial charge < -0.3 is 9.09 Å². The van der Waals surface area contributed by atoms with Crippen molar-refractivity contribution in [2.45, 2.75) is 37.8 Å². The Balaban J connectivity index is 1.71. The summed E-state index contributed by atoms with van der Waals surface area (Å²) in [5.41, 5.74) is 1.14. The van der Waals surface area contributed by atoms with Crippen molar-refractivity contribution in [1.82, 2.24) is 24.2 Å². The first kappa shape index (κ1) is 16.9. The molecule has 1 aliphatic heterocycles. The average molecular weight is 373 g/mol. The molecule has 1 aliphatic rings. The Morgan fingerprint density at radius 3 is 2.65 bits per heavy atom. The summed E-state index contributed by atoms with van der Waals surface area (Å²) >= 11 is 0. The van der Waals surface area contributed by atoms with Gasteiger partial charge in [-0.05, 0) is 25.8 Å². The molecule has 0 amide bonds. The fourth-order valence-electron chi connectivity index (χ4n) is 3.44. The summed E-state index contributed by atoms with van der Waals surface area (Å²) in [6.45, 7) is 4.01. The molecule has 2 aromatic heterocycles. The lowest BCUT2D eigenvalue weighted by atomic mass is 10.0. The number of aryl methyl sites for hydroxylation is 2. The number of nitrogens with zero attached hydrogens (tertiary/aromatic N) is 5. The molecule has 0 saturated heterocycles. The van der Waals surface area contributed by atoms with Crippen molar-refractivity contribution in [2.24, 2.45) is 0 Å². The lowest BCUT2D eigenvalue weighted by molar-refractivity contribution is 0.274. The van der Waals surface area contributed by atoms with Crippen molar-refractivity contribution < 1.29 is 12.9 Å². The first-order valence-corrected chi connectivity index (χ1v) is 9.76. The monoisotopic (exact) mass is 373 g/mol. The lowest BCUT2D eigenvalue weighted by Gasteiger charge is -2.33. The summed E-state index contributed by atoms with van der Waals surface area (Å²) in [5, 5.41) is 11.9. The highest BCUT2D eigenvalue weighted by atomic mass is 32.2. The van der Waals surface area contributed by atoms with Crippen LogP contribution in [-0.2, 0) is 23.0 Å². The first-order valence-electron chi connectivity index (χ1n) is 8.32. The predicted octanol–water partition coefficient (Wildman–Crippen LogP) is 1.87. The minimum Gasteiger partial charge on any atom is -0.360 e. The molecular weight excluding hydrogens is 354 g/mol. The maximum Gasteiger partial charge on any atom is 0.248 e. The van der Waals surface area contributed by atoms with Crippen LogP contribution in [0.3, 0.4) is 0 Å². The van der Waals surface area contributed by atoms with E-state index in [1.54, 1.807) is 6.92 Å². The molecule has 0 radical (unpaired) electrons. The van der Waals surface area contributed by atoms with Gasteiger partial charge in [0.2, 0.25) is 10.0 Å². The summed E-state index contributed by atoms with van der Waals surface area (Å²) in [6.07, 6.45) is 1.95. The van der Waals surface area contributed by atoms with E-state index < -0.39 is 10.0 Å². The molecule has 0 aliphatic carbocycles. The number of hydrogen-bond donors (Lipinski definition) is 0. The SMILES string of the molecule is Cc1oncc1S(=O)(=O)N1Cc2nnc(C)n2[C@H](Cc2ccccc2)C1. The average Bonchev–Trinajstić information content (AvgIpc) is 3.22. The number of aromatic nitrogens is 4. The Bertz CT molecular complexity index is 1030. The summed E-state index contributed by atoms with van der Waals surface area (Å²) in [5.74, 6) is 1.72. The molecule has 4 rings (SSSR count). The van der Waals surface area contributed by atoms with Crippen LogP contribution in [0, 0.1) is 13.8 Å². The normalized spacial score (nSPS) is 18.0. The van der Waals surface area contributed by atoms with Crippen LogP contribution in [0.2, 0.25) is 0 Å². The van der Waals surface area contributed by atoms with Gasteiger partial charge in [0.25, 0.3) is 0 Å². The first-order chi connectivity index (χ1) is 12.5. The van der Waals surface area contributed by atoms with Crippen LogP contribution >= 0.6 is 0 Å². The number of sulfonamides is 1. The quantitative estimate of drug-likeness (QED) is 0.693. The molecule has 0 bridgehead atoms. The van der Waals surface area contributed by atoms with E-state index in [4.69, 9.17) is 4.52 Å². The molecule has 3 heterocycles. The van der Waals surface area contributed by atoms with Crippen LogP contribution in [0.5, 0.6) is 0 Å². The Kier molecular flexibility index (Phi) is 4.12. The summed E-state index contributed by atoms with van der Waals surface area (Å²) in [4.78, 5) is 0.0978. The standard InChI is InChI=1S/C17H19N5O3S/c1-12-16(9-18-25-12)26(23,24)21-10-15(8-14-6-4-3-5-7-14)22-13(2)19-20-17(22)11-21/h3-7,9,15H,8,10-11H2,1-2H3/t15-/m1/s1. The molecule has 0 spiro atoms. The van der Waals surface area contributed by atoms with E-state index >= 15 is 0 Å². The van der Waals surface area contributed by atoms with Gasteiger partial charge in [0.15, 0.2) is 5.76 Å². The second kappa shape index (κ2) is 6.33. The van der Waals surface area contributed by atoms with E-state index in [2.05, 4.69) is 15.4 Å². The highest BCUT2D eigenvalue weighted by Gasteiger charge is 2.36. The zero-order valence-electron chi connectivity index (χ0n) is 14.5. The minimum absolute atomic E-state index is 0.0777. The molecule has 1 aromatic carbocycles. The molecular formula is C17H19N5O3S. The van der Waals surface area contributed by atoms with Crippen LogP contribution in [0.1, 0.15) is 29.0 Å². The fourth-order valence-corrected chi connectivity index (χ4v) is 4.95. The predicted molar refractivity (Wildman–Crippen MR) is 92.8 cm³/mol. The number of hydrogen-bond acceptors (Lipinski definition) is 6. The molecule has 9 heteroatoms. The van der Waals surface area contributed by atoms with Crippen LogP contribution in [-0.4, -0.2) is 39.2 Å². The zero-order chi connectivity index (χ0) is 18.3. The van der Waals surface area contributed by atoms with Gasteiger partial charge in [-0.3, -0.25) is 0 Å². The van der Waals surface area contributed by atoms with Crippen molar-refractivity contribution in [3.05, 3.63) is 59.5 Å². The van der Waals surface area contributed by atoms with Gasteiger partial charge >= 0.3 is 0 Å². The van der Waals surface area contributed by atoms with E-state index in [-0.39, 0.29) is 23.2 Å². The Labute approximate surface area is 151 Å². The summed E-state index contributed by atoms with van der Waals surface area (Å²) < 4.78 is 34.5. The van der Waals surface area contributed by atoms with Crippen LogP contribution < -0.4 is 0 Å². The molecule has 0 unspecified atom stereocenters. The van der Waals surface area contributed by atoms with Gasteiger partial charge in [0.05, 0.1) is 18.8 Å². The number of benzene rings is 1. The largest absolute Gasteiger partial charge is 0.360 e. The molecule has 0 N–H and O–H groups in total. The maximum atomic E-state index is 13.1. The van der Waals surface area contributed by atoms with Crippen molar-refractivity contribution in [3.8, 4) is 0 Å². The van der Waals surface area contributed by atoms with Crippen molar-refractivity contribution in [2.75, 3.05) is 6.54 Å². The van der Waals surface area contributed by atoms with Gasteiger partial charge in [-0.25, -0.2) is 8.42 Å². The minimum atomic E-state index is -3.71. The van der Waals surface area contributed by atoms with Gasteiger partial charge in [0.1, 0.15) is 16.5 Å².